The Morgan fingerprint density at radius 2 is 1.60 bits per heavy atom. The van der Waals surface area contributed by atoms with Crippen LogP contribution in [0.15, 0.2) is 30.3 Å². The number of hydrogen-bond acceptors (Lipinski definition) is 3. The molecule has 0 saturated heterocycles. The zero-order valence-corrected chi connectivity index (χ0v) is 13.6. The molecule has 0 saturated carbocycles. The molecule has 1 aromatic carbocycles. The van der Waals surface area contributed by atoms with Gasteiger partial charge in [-0.2, -0.15) is 0 Å². The highest BCUT2D eigenvalue weighted by molar-refractivity contribution is 7.54. The van der Waals surface area contributed by atoms with Gasteiger partial charge in [-0.3, -0.25) is 4.52 Å². The molecule has 0 heterocycles. The molecule has 1 aromatic rings. The van der Waals surface area contributed by atoms with Crippen molar-refractivity contribution < 1.29 is 13.6 Å². The quantitative estimate of drug-likeness (QED) is 0.391. The lowest BCUT2D eigenvalue weighted by atomic mass is 10.3. The molecule has 4 heteroatoms. The molecule has 0 radical (unpaired) electrons. The molecule has 0 aliphatic carbocycles. The van der Waals surface area contributed by atoms with Gasteiger partial charge in [0.15, 0.2) is 0 Å². The second-order valence-electron chi connectivity index (χ2n) is 4.99. The van der Waals surface area contributed by atoms with Gasteiger partial charge in [-0.1, -0.05) is 57.7 Å². The summed E-state index contributed by atoms with van der Waals surface area (Å²) in [6.45, 7) is 4.79. The maximum atomic E-state index is 12.8. The van der Waals surface area contributed by atoms with Crippen LogP contribution < -0.4 is 4.52 Å². The minimum atomic E-state index is -3.01. The molecule has 3 nitrogen and oxygen atoms in total. The molecule has 0 spiro atoms. The lowest BCUT2D eigenvalue weighted by molar-refractivity contribution is 0.257. The number of unbranched alkanes of at least 4 members (excludes halogenated alkanes) is 4. The summed E-state index contributed by atoms with van der Waals surface area (Å²) in [5.41, 5.74) is 0. The van der Waals surface area contributed by atoms with Gasteiger partial charge in [0, 0.05) is 0 Å². The van der Waals surface area contributed by atoms with Crippen molar-refractivity contribution in [2.45, 2.75) is 52.4 Å². The summed E-state index contributed by atoms with van der Waals surface area (Å²) < 4.78 is 24.1. The van der Waals surface area contributed by atoms with Crippen LogP contribution >= 0.6 is 7.60 Å². The third-order valence-electron chi connectivity index (χ3n) is 3.06. The lowest BCUT2D eigenvalue weighted by Gasteiger charge is -2.19. The summed E-state index contributed by atoms with van der Waals surface area (Å²) >= 11 is 0. The van der Waals surface area contributed by atoms with E-state index in [4.69, 9.17) is 9.05 Å². The summed E-state index contributed by atoms with van der Waals surface area (Å²) in [7, 11) is -3.01. The third kappa shape index (κ3) is 7.12. The molecule has 0 aromatic heterocycles. The smallest absolute Gasteiger partial charge is 0.379 e. The van der Waals surface area contributed by atoms with Crippen LogP contribution in [0.5, 0.6) is 5.75 Å². The highest BCUT2D eigenvalue weighted by atomic mass is 31.2. The van der Waals surface area contributed by atoms with Crippen LogP contribution in [0.1, 0.15) is 52.4 Å². The van der Waals surface area contributed by atoms with Crippen molar-refractivity contribution in [1.82, 2.24) is 0 Å². The van der Waals surface area contributed by atoms with Crippen LogP contribution in [0.3, 0.4) is 0 Å². The number of hydrogen-bond donors (Lipinski definition) is 0. The van der Waals surface area contributed by atoms with E-state index in [2.05, 4.69) is 13.8 Å². The number of para-hydroxylation sites is 1. The van der Waals surface area contributed by atoms with E-state index in [0.717, 1.165) is 38.5 Å². The first-order valence-electron chi connectivity index (χ1n) is 7.68. The number of benzene rings is 1. The fourth-order valence-electron chi connectivity index (χ4n) is 1.89. The van der Waals surface area contributed by atoms with E-state index in [9.17, 15) is 4.57 Å². The maximum Gasteiger partial charge on any atom is 0.379 e. The monoisotopic (exact) mass is 298 g/mol. The first kappa shape index (κ1) is 17.3. The molecule has 1 rings (SSSR count). The van der Waals surface area contributed by atoms with Gasteiger partial charge in [-0.05, 0) is 25.0 Å². The fraction of sp³-hybridized carbons (Fsp3) is 0.625. The molecule has 1 unspecified atom stereocenters. The van der Waals surface area contributed by atoms with Crippen LogP contribution in [0.2, 0.25) is 0 Å². The van der Waals surface area contributed by atoms with Crippen LogP contribution in [-0.2, 0) is 9.09 Å². The van der Waals surface area contributed by atoms with Gasteiger partial charge in [-0.25, -0.2) is 4.57 Å². The molecule has 1 atom stereocenters. The van der Waals surface area contributed by atoms with Crippen molar-refractivity contribution in [2.75, 3.05) is 12.8 Å². The van der Waals surface area contributed by atoms with E-state index in [1.807, 2.05) is 30.3 Å². The molecule has 0 fully saturated rings. The average molecular weight is 298 g/mol. The van der Waals surface area contributed by atoms with Gasteiger partial charge < -0.3 is 4.52 Å². The Labute approximate surface area is 123 Å². The largest absolute Gasteiger partial charge is 0.424 e. The molecule has 0 amide bonds. The van der Waals surface area contributed by atoms with E-state index < -0.39 is 7.60 Å². The maximum absolute atomic E-state index is 12.8. The fourth-order valence-corrected chi connectivity index (χ4v) is 3.62. The van der Waals surface area contributed by atoms with Gasteiger partial charge in [0.1, 0.15) is 5.75 Å². The number of rotatable bonds is 11. The molecule has 20 heavy (non-hydrogen) atoms. The molecular formula is C16H27O3P. The van der Waals surface area contributed by atoms with E-state index in [-0.39, 0.29) is 0 Å². The second-order valence-corrected chi connectivity index (χ2v) is 7.10. The van der Waals surface area contributed by atoms with Crippen molar-refractivity contribution in [3.8, 4) is 5.75 Å². The lowest BCUT2D eigenvalue weighted by Crippen LogP contribution is -2.04. The Kier molecular flexibility index (Phi) is 8.64. The molecule has 114 valence electrons. The predicted molar refractivity (Wildman–Crippen MR) is 84.5 cm³/mol. The topological polar surface area (TPSA) is 35.5 Å². The average Bonchev–Trinajstić information content (AvgIpc) is 2.45. The Morgan fingerprint density at radius 1 is 0.950 bits per heavy atom. The summed E-state index contributed by atoms with van der Waals surface area (Å²) in [5, 5.41) is 0. The van der Waals surface area contributed by atoms with Gasteiger partial charge in [0.25, 0.3) is 0 Å². The predicted octanol–water partition coefficient (Wildman–Crippen LogP) is 5.66. The van der Waals surface area contributed by atoms with Gasteiger partial charge in [-0.15, -0.1) is 0 Å². The minimum absolute atomic E-state index is 0.502. The highest BCUT2D eigenvalue weighted by Gasteiger charge is 2.25. The molecule has 0 bridgehead atoms. The summed E-state index contributed by atoms with van der Waals surface area (Å²) in [6, 6.07) is 9.31. The Morgan fingerprint density at radius 3 is 2.25 bits per heavy atom. The molecule has 0 aliphatic heterocycles. The molecule has 0 N–H and O–H groups in total. The zero-order valence-electron chi connectivity index (χ0n) is 12.7. The van der Waals surface area contributed by atoms with Gasteiger partial charge >= 0.3 is 7.60 Å². The minimum Gasteiger partial charge on any atom is -0.424 e. The van der Waals surface area contributed by atoms with Crippen molar-refractivity contribution >= 4 is 7.60 Å². The van der Waals surface area contributed by atoms with E-state index >= 15 is 0 Å². The van der Waals surface area contributed by atoms with E-state index in [0.29, 0.717) is 18.5 Å². The van der Waals surface area contributed by atoms with Crippen LogP contribution in [0.25, 0.3) is 0 Å². The standard InChI is InChI=1S/C16H27O3P/c1-3-5-10-14-18-20(17,15-11-6-4-2)19-16-12-8-7-9-13-16/h7-9,12-13H,3-6,10-11,14-15H2,1-2H3. The molecule has 0 aliphatic rings. The van der Waals surface area contributed by atoms with Gasteiger partial charge in [0.05, 0.1) is 12.8 Å². The summed E-state index contributed by atoms with van der Waals surface area (Å²) in [4.78, 5) is 0. The first-order valence-corrected chi connectivity index (χ1v) is 9.41. The normalized spacial score (nSPS) is 13.9. The van der Waals surface area contributed by atoms with Crippen LogP contribution in [-0.4, -0.2) is 12.8 Å². The van der Waals surface area contributed by atoms with Crippen LogP contribution in [0.4, 0.5) is 0 Å². The van der Waals surface area contributed by atoms with E-state index in [1.54, 1.807) is 0 Å². The Bertz CT molecular complexity index is 392. The van der Waals surface area contributed by atoms with Crippen molar-refractivity contribution in [3.05, 3.63) is 30.3 Å². The zero-order chi connectivity index (χ0) is 14.7. The second kappa shape index (κ2) is 10.0. The van der Waals surface area contributed by atoms with Crippen molar-refractivity contribution in [1.29, 1.82) is 0 Å². The van der Waals surface area contributed by atoms with Crippen molar-refractivity contribution in [3.63, 3.8) is 0 Å². The molecular weight excluding hydrogens is 271 g/mol. The summed E-state index contributed by atoms with van der Waals surface area (Å²) in [6.07, 6.45) is 6.70. The van der Waals surface area contributed by atoms with Crippen LogP contribution in [0, 0.1) is 0 Å². The third-order valence-corrected chi connectivity index (χ3v) is 4.99. The Hall–Kier alpha value is -0.790. The Balaban J connectivity index is 2.55. The van der Waals surface area contributed by atoms with Crippen molar-refractivity contribution in [2.24, 2.45) is 0 Å². The first-order chi connectivity index (χ1) is 9.70. The highest BCUT2D eigenvalue weighted by Crippen LogP contribution is 2.49. The summed E-state index contributed by atoms with van der Waals surface area (Å²) in [5.74, 6) is 0.628. The SMILES string of the molecule is CCCCCOP(=O)(CCCCC)Oc1ccccc1. The van der Waals surface area contributed by atoms with E-state index in [1.165, 1.54) is 0 Å². The van der Waals surface area contributed by atoms with Gasteiger partial charge in [0.2, 0.25) is 0 Å².